The highest BCUT2D eigenvalue weighted by Gasteiger charge is 2.14. The average Bonchev–Trinajstić information content (AvgIpc) is 3.13. The number of thiophene rings is 1. The van der Waals surface area contributed by atoms with E-state index >= 15 is 0 Å². The van der Waals surface area contributed by atoms with E-state index < -0.39 is 0 Å². The Labute approximate surface area is 155 Å². The normalized spacial score (nSPS) is 13.1. The molecule has 1 unspecified atom stereocenters. The summed E-state index contributed by atoms with van der Waals surface area (Å²) >= 11 is 1.85. The Hall–Kier alpha value is -1.82. The fourth-order valence-corrected chi connectivity index (χ4v) is 3.76. The average molecular weight is 362 g/mol. The predicted octanol–water partition coefficient (Wildman–Crippen LogP) is 3.35. The number of aryl methyl sites for hydroxylation is 3. The highest BCUT2D eigenvalue weighted by Crippen LogP contribution is 2.18. The van der Waals surface area contributed by atoms with E-state index in [9.17, 15) is 0 Å². The molecule has 0 fully saturated rings. The topological polar surface area (TPSA) is 54.2 Å². The fraction of sp³-hybridized carbons (Fsp3) is 0.579. The summed E-state index contributed by atoms with van der Waals surface area (Å²) in [7, 11) is 2.00. The van der Waals surface area contributed by atoms with Crippen molar-refractivity contribution in [1.82, 2.24) is 20.4 Å². The molecule has 25 heavy (non-hydrogen) atoms. The van der Waals surface area contributed by atoms with Gasteiger partial charge in [0.2, 0.25) is 0 Å². The summed E-state index contributed by atoms with van der Waals surface area (Å²) in [5.41, 5.74) is 3.67. The molecule has 0 aliphatic rings. The molecule has 138 valence electrons. The van der Waals surface area contributed by atoms with Gasteiger partial charge >= 0.3 is 0 Å². The summed E-state index contributed by atoms with van der Waals surface area (Å²) in [5, 5.41) is 11.4. The van der Waals surface area contributed by atoms with Crippen molar-refractivity contribution in [2.75, 3.05) is 6.54 Å². The summed E-state index contributed by atoms with van der Waals surface area (Å²) in [6.45, 7) is 12.3. The van der Waals surface area contributed by atoms with E-state index in [0.717, 1.165) is 37.6 Å². The molecule has 0 saturated carbocycles. The zero-order valence-electron chi connectivity index (χ0n) is 16.3. The second kappa shape index (κ2) is 9.04. The van der Waals surface area contributed by atoms with Crippen molar-refractivity contribution in [3.8, 4) is 0 Å². The van der Waals surface area contributed by atoms with Gasteiger partial charge in [0.25, 0.3) is 0 Å². The standard InChI is InChI=1S/C19H31N5S/c1-7-16-9-10-17(25-16)12-21-19(20-8-2)22-13(3)11-18-14(4)23-24(6)15(18)5/h9-10,13H,7-8,11-12H2,1-6H3,(H2,20,21,22). The molecule has 0 aliphatic heterocycles. The second-order valence-electron chi connectivity index (χ2n) is 6.44. The van der Waals surface area contributed by atoms with Crippen molar-refractivity contribution in [3.05, 3.63) is 38.8 Å². The van der Waals surface area contributed by atoms with E-state index in [4.69, 9.17) is 4.99 Å². The zero-order valence-corrected chi connectivity index (χ0v) is 17.1. The lowest BCUT2D eigenvalue weighted by molar-refractivity contribution is 0.636. The van der Waals surface area contributed by atoms with Gasteiger partial charge in [-0.25, -0.2) is 4.99 Å². The van der Waals surface area contributed by atoms with Crippen molar-refractivity contribution >= 4 is 17.3 Å². The first kappa shape index (κ1) is 19.5. The lowest BCUT2D eigenvalue weighted by atomic mass is 10.1. The van der Waals surface area contributed by atoms with Gasteiger partial charge in [-0.1, -0.05) is 6.92 Å². The molecule has 1 atom stereocenters. The summed E-state index contributed by atoms with van der Waals surface area (Å²) in [5.74, 6) is 0.876. The number of aromatic nitrogens is 2. The molecule has 0 amide bonds. The maximum Gasteiger partial charge on any atom is 0.191 e. The monoisotopic (exact) mass is 361 g/mol. The molecular formula is C19H31N5S. The zero-order chi connectivity index (χ0) is 18.4. The second-order valence-corrected chi connectivity index (χ2v) is 7.69. The maximum absolute atomic E-state index is 4.75. The van der Waals surface area contributed by atoms with Gasteiger partial charge in [-0.05, 0) is 58.2 Å². The first-order chi connectivity index (χ1) is 11.9. The third kappa shape index (κ3) is 5.33. The first-order valence-electron chi connectivity index (χ1n) is 9.06. The molecule has 0 spiro atoms. The number of nitrogens with zero attached hydrogens (tertiary/aromatic N) is 3. The van der Waals surface area contributed by atoms with Gasteiger partial charge in [0.05, 0.1) is 12.2 Å². The predicted molar refractivity (Wildman–Crippen MR) is 107 cm³/mol. The Balaban J connectivity index is 2.00. The Morgan fingerprint density at radius 3 is 2.56 bits per heavy atom. The number of aliphatic imine (C=N–C) groups is 1. The molecule has 0 saturated heterocycles. The smallest absolute Gasteiger partial charge is 0.191 e. The molecule has 6 heteroatoms. The Morgan fingerprint density at radius 2 is 2.00 bits per heavy atom. The third-order valence-electron chi connectivity index (χ3n) is 4.36. The molecule has 2 aromatic rings. The Morgan fingerprint density at radius 1 is 1.28 bits per heavy atom. The van der Waals surface area contributed by atoms with Crippen LogP contribution in [0.5, 0.6) is 0 Å². The van der Waals surface area contributed by atoms with Crippen LogP contribution in [0.25, 0.3) is 0 Å². The highest BCUT2D eigenvalue weighted by atomic mass is 32.1. The van der Waals surface area contributed by atoms with E-state index in [-0.39, 0.29) is 6.04 Å². The highest BCUT2D eigenvalue weighted by molar-refractivity contribution is 7.11. The van der Waals surface area contributed by atoms with Gasteiger partial charge < -0.3 is 10.6 Å². The molecule has 5 nitrogen and oxygen atoms in total. The van der Waals surface area contributed by atoms with Crippen LogP contribution in [-0.4, -0.2) is 28.3 Å². The van der Waals surface area contributed by atoms with Crippen molar-refractivity contribution in [1.29, 1.82) is 0 Å². The van der Waals surface area contributed by atoms with Crippen LogP contribution in [0.1, 0.15) is 47.5 Å². The molecule has 2 rings (SSSR count). The van der Waals surface area contributed by atoms with Crippen LogP contribution in [0.3, 0.4) is 0 Å². The molecule has 2 heterocycles. The lowest BCUT2D eigenvalue weighted by Crippen LogP contribution is -2.43. The van der Waals surface area contributed by atoms with Gasteiger partial charge in [0, 0.05) is 35.1 Å². The number of nitrogens with one attached hydrogen (secondary N) is 2. The molecule has 0 aliphatic carbocycles. The molecular weight excluding hydrogens is 330 g/mol. The summed E-state index contributed by atoms with van der Waals surface area (Å²) in [6, 6.07) is 4.67. The minimum Gasteiger partial charge on any atom is -0.357 e. The van der Waals surface area contributed by atoms with Gasteiger partial charge in [-0.15, -0.1) is 11.3 Å². The van der Waals surface area contributed by atoms with Crippen LogP contribution < -0.4 is 10.6 Å². The molecule has 2 N–H and O–H groups in total. The minimum absolute atomic E-state index is 0.286. The van der Waals surface area contributed by atoms with Crippen LogP contribution in [0.2, 0.25) is 0 Å². The van der Waals surface area contributed by atoms with Gasteiger partial charge in [0.15, 0.2) is 5.96 Å². The molecule has 2 aromatic heterocycles. The number of hydrogen-bond donors (Lipinski definition) is 2. The van der Waals surface area contributed by atoms with Gasteiger partial charge in [0.1, 0.15) is 0 Å². The number of hydrogen-bond acceptors (Lipinski definition) is 3. The Bertz CT molecular complexity index is 713. The maximum atomic E-state index is 4.75. The van der Waals surface area contributed by atoms with E-state index in [1.807, 2.05) is 23.1 Å². The van der Waals surface area contributed by atoms with Crippen molar-refractivity contribution in [2.24, 2.45) is 12.0 Å². The largest absolute Gasteiger partial charge is 0.357 e. The van der Waals surface area contributed by atoms with Crippen LogP contribution in [-0.2, 0) is 26.4 Å². The van der Waals surface area contributed by atoms with Crippen molar-refractivity contribution in [2.45, 2.75) is 60.0 Å². The van der Waals surface area contributed by atoms with Gasteiger partial charge in [-0.2, -0.15) is 5.10 Å². The Kier molecular flexibility index (Phi) is 7.05. The van der Waals surface area contributed by atoms with Crippen LogP contribution in [0.15, 0.2) is 17.1 Å². The molecule has 0 bridgehead atoms. The summed E-state index contributed by atoms with van der Waals surface area (Å²) in [6.07, 6.45) is 2.03. The van der Waals surface area contributed by atoms with E-state index in [1.165, 1.54) is 21.0 Å². The fourth-order valence-electron chi connectivity index (χ4n) is 2.88. The van der Waals surface area contributed by atoms with Crippen LogP contribution in [0, 0.1) is 13.8 Å². The van der Waals surface area contributed by atoms with Crippen LogP contribution in [0.4, 0.5) is 0 Å². The SMILES string of the molecule is CCNC(=NCc1ccc(CC)s1)NC(C)Cc1c(C)nn(C)c1C. The van der Waals surface area contributed by atoms with Crippen LogP contribution >= 0.6 is 11.3 Å². The molecule has 0 aromatic carbocycles. The molecule has 0 radical (unpaired) electrons. The first-order valence-corrected chi connectivity index (χ1v) is 9.87. The quantitative estimate of drug-likeness (QED) is 0.587. The minimum atomic E-state index is 0.286. The third-order valence-corrected chi connectivity index (χ3v) is 5.57. The van der Waals surface area contributed by atoms with Gasteiger partial charge in [-0.3, -0.25) is 4.68 Å². The number of rotatable bonds is 7. The van der Waals surface area contributed by atoms with E-state index in [1.54, 1.807) is 0 Å². The van der Waals surface area contributed by atoms with E-state index in [2.05, 4.69) is 62.5 Å². The summed E-state index contributed by atoms with van der Waals surface area (Å²) in [4.78, 5) is 7.47. The lowest BCUT2D eigenvalue weighted by Gasteiger charge is -2.18. The van der Waals surface area contributed by atoms with Crippen molar-refractivity contribution < 1.29 is 0 Å². The van der Waals surface area contributed by atoms with Crippen molar-refractivity contribution in [3.63, 3.8) is 0 Å². The van der Waals surface area contributed by atoms with E-state index in [0.29, 0.717) is 0 Å². The summed E-state index contributed by atoms with van der Waals surface area (Å²) < 4.78 is 1.96. The number of guanidine groups is 1.